The number of carboxylic acids is 1. The Morgan fingerprint density at radius 1 is 1.27 bits per heavy atom. The lowest BCUT2D eigenvalue weighted by atomic mass is 9.82. The molecule has 3 heterocycles. The topological polar surface area (TPSA) is 60.7 Å². The monoisotopic (exact) mass is 365 g/mol. The number of hydrogen-bond donors (Lipinski definition) is 1. The average Bonchev–Trinajstić information content (AvgIpc) is 3.28. The molecule has 7 heteroatoms. The van der Waals surface area contributed by atoms with E-state index in [0.29, 0.717) is 29.9 Å². The molecule has 26 heavy (non-hydrogen) atoms. The predicted molar refractivity (Wildman–Crippen MR) is 102 cm³/mol. The molecular formula is C19H16BNO4S. The molecule has 0 fully saturated rings. The summed E-state index contributed by atoms with van der Waals surface area (Å²) in [5.41, 5.74) is 4.43. The summed E-state index contributed by atoms with van der Waals surface area (Å²) in [5, 5.41) is 11.6. The normalized spacial score (nSPS) is 12.4. The van der Waals surface area contributed by atoms with Crippen LogP contribution < -0.4 is 14.9 Å². The summed E-state index contributed by atoms with van der Waals surface area (Å²) in [6.45, 7) is 0.551. The van der Waals surface area contributed by atoms with E-state index in [1.54, 1.807) is 31.6 Å². The largest absolute Gasteiger partial charge is 0.493 e. The minimum atomic E-state index is -0.939. The maximum absolute atomic E-state index is 11.8. The number of benzene rings is 1. The second kappa shape index (κ2) is 6.25. The number of carboxylic acid groups (broad SMARTS) is 1. The zero-order valence-electron chi connectivity index (χ0n) is 14.4. The van der Waals surface area contributed by atoms with Gasteiger partial charge >= 0.3 is 5.97 Å². The molecule has 5 nitrogen and oxygen atoms in total. The van der Waals surface area contributed by atoms with Gasteiger partial charge in [-0.15, -0.1) is 11.3 Å². The van der Waals surface area contributed by atoms with Crippen LogP contribution in [0, 0.1) is 0 Å². The van der Waals surface area contributed by atoms with E-state index in [-0.39, 0.29) is 5.69 Å². The summed E-state index contributed by atoms with van der Waals surface area (Å²) >= 11 is 1.58. The van der Waals surface area contributed by atoms with Crippen molar-refractivity contribution in [2.24, 2.45) is 0 Å². The van der Waals surface area contributed by atoms with Crippen molar-refractivity contribution in [3.05, 3.63) is 40.9 Å². The van der Waals surface area contributed by atoms with E-state index in [1.807, 2.05) is 28.1 Å². The van der Waals surface area contributed by atoms with Gasteiger partial charge in [-0.3, -0.25) is 0 Å². The number of aromatic nitrogens is 1. The summed E-state index contributed by atoms with van der Waals surface area (Å²) in [6.07, 6.45) is 0.632. The third-order valence-corrected chi connectivity index (χ3v) is 5.66. The molecule has 1 aliphatic heterocycles. The third-order valence-electron chi connectivity index (χ3n) is 4.76. The number of aromatic carboxylic acids is 1. The molecule has 0 aliphatic carbocycles. The SMILES string of the molecule is [B]c1c2c(cc(OC)c1OC)-c1c(-c3cccs3)cc(C(=O)O)n1CC2. The fourth-order valence-corrected chi connectivity index (χ4v) is 4.38. The number of carbonyl (C=O) groups is 1. The van der Waals surface area contributed by atoms with E-state index < -0.39 is 5.97 Å². The maximum atomic E-state index is 11.8. The molecular weight excluding hydrogens is 349 g/mol. The Labute approximate surface area is 156 Å². The smallest absolute Gasteiger partial charge is 0.352 e. The van der Waals surface area contributed by atoms with Gasteiger partial charge in [0.15, 0.2) is 11.5 Å². The van der Waals surface area contributed by atoms with Crippen molar-refractivity contribution < 1.29 is 19.4 Å². The second-order valence-corrected chi connectivity index (χ2v) is 6.98. The van der Waals surface area contributed by atoms with Gasteiger partial charge in [-0.25, -0.2) is 4.79 Å². The molecule has 0 amide bonds. The second-order valence-electron chi connectivity index (χ2n) is 6.03. The van der Waals surface area contributed by atoms with Crippen LogP contribution in [0.25, 0.3) is 21.7 Å². The predicted octanol–water partition coefficient (Wildman–Crippen LogP) is 2.95. The molecule has 0 atom stereocenters. The van der Waals surface area contributed by atoms with Gasteiger partial charge in [-0.2, -0.15) is 0 Å². The number of methoxy groups -OCH3 is 2. The van der Waals surface area contributed by atoms with Crippen molar-refractivity contribution in [2.75, 3.05) is 14.2 Å². The Hall–Kier alpha value is -2.67. The minimum Gasteiger partial charge on any atom is -0.493 e. The Kier molecular flexibility index (Phi) is 4.03. The maximum Gasteiger partial charge on any atom is 0.352 e. The van der Waals surface area contributed by atoms with Crippen LogP contribution in [-0.2, 0) is 13.0 Å². The van der Waals surface area contributed by atoms with Crippen molar-refractivity contribution in [1.29, 1.82) is 0 Å². The molecule has 0 saturated carbocycles. The van der Waals surface area contributed by atoms with Gasteiger partial charge in [0, 0.05) is 22.5 Å². The number of hydrogen-bond acceptors (Lipinski definition) is 4. The van der Waals surface area contributed by atoms with Crippen LogP contribution in [0.5, 0.6) is 11.5 Å². The fourth-order valence-electron chi connectivity index (χ4n) is 3.63. The lowest BCUT2D eigenvalue weighted by Crippen LogP contribution is -2.23. The van der Waals surface area contributed by atoms with E-state index in [4.69, 9.17) is 17.3 Å². The number of fused-ring (bicyclic) bond motifs is 3. The highest BCUT2D eigenvalue weighted by Crippen LogP contribution is 2.44. The average molecular weight is 365 g/mol. The van der Waals surface area contributed by atoms with Crippen LogP contribution in [0.2, 0.25) is 0 Å². The van der Waals surface area contributed by atoms with Gasteiger partial charge in [0.25, 0.3) is 0 Å². The number of ether oxygens (including phenoxy) is 2. The number of nitrogens with zero attached hydrogens (tertiary/aromatic N) is 1. The first-order valence-corrected chi connectivity index (χ1v) is 8.99. The van der Waals surface area contributed by atoms with Crippen LogP contribution >= 0.6 is 11.3 Å². The molecule has 0 spiro atoms. The van der Waals surface area contributed by atoms with Gasteiger partial charge < -0.3 is 19.1 Å². The third kappa shape index (κ3) is 2.35. The first-order chi connectivity index (χ1) is 12.6. The Balaban J connectivity index is 2.06. The summed E-state index contributed by atoms with van der Waals surface area (Å²) < 4.78 is 12.7. The zero-order chi connectivity index (χ0) is 18.4. The van der Waals surface area contributed by atoms with Crippen molar-refractivity contribution in [2.45, 2.75) is 13.0 Å². The van der Waals surface area contributed by atoms with Crippen LogP contribution in [0.4, 0.5) is 0 Å². The van der Waals surface area contributed by atoms with Crippen molar-refractivity contribution in [1.82, 2.24) is 4.57 Å². The number of rotatable bonds is 4. The highest BCUT2D eigenvalue weighted by molar-refractivity contribution is 7.13. The van der Waals surface area contributed by atoms with E-state index >= 15 is 0 Å². The summed E-state index contributed by atoms with van der Waals surface area (Å²) in [7, 11) is 9.48. The van der Waals surface area contributed by atoms with E-state index in [9.17, 15) is 9.90 Å². The molecule has 4 rings (SSSR count). The van der Waals surface area contributed by atoms with Crippen molar-refractivity contribution in [3.63, 3.8) is 0 Å². The molecule has 1 N–H and O–H groups in total. The van der Waals surface area contributed by atoms with Crippen molar-refractivity contribution >= 4 is 30.6 Å². The van der Waals surface area contributed by atoms with Crippen LogP contribution in [0.1, 0.15) is 16.1 Å². The molecule has 1 aliphatic rings. The van der Waals surface area contributed by atoms with Gasteiger partial charge in [0.1, 0.15) is 13.5 Å². The first kappa shape index (κ1) is 16.8. The summed E-state index contributed by atoms with van der Waals surface area (Å²) in [6, 6.07) is 7.58. The quantitative estimate of drug-likeness (QED) is 0.723. The molecule has 1 aromatic carbocycles. The van der Waals surface area contributed by atoms with Crippen LogP contribution in [-0.4, -0.2) is 37.7 Å². The molecule has 0 bridgehead atoms. The van der Waals surface area contributed by atoms with E-state index in [0.717, 1.165) is 27.3 Å². The Morgan fingerprint density at radius 2 is 2.08 bits per heavy atom. The molecule has 130 valence electrons. The minimum absolute atomic E-state index is 0.280. The van der Waals surface area contributed by atoms with Crippen LogP contribution in [0.15, 0.2) is 29.6 Å². The lowest BCUT2D eigenvalue weighted by molar-refractivity contribution is 0.0685. The van der Waals surface area contributed by atoms with Gasteiger partial charge in [0.05, 0.1) is 19.9 Å². The van der Waals surface area contributed by atoms with Crippen molar-refractivity contribution in [3.8, 4) is 33.2 Å². The fraction of sp³-hybridized carbons (Fsp3) is 0.211. The standard InChI is InChI=1S/C19H16BNO4S/c1-24-14-9-11-10(16(20)18(14)25-2)5-6-21-13(19(22)23)8-12(17(11)21)15-4-3-7-26-15/h3-4,7-9H,5-6H2,1-2H3,(H,22,23). The molecule has 2 aromatic heterocycles. The highest BCUT2D eigenvalue weighted by Gasteiger charge is 2.29. The summed E-state index contributed by atoms with van der Waals surface area (Å²) in [4.78, 5) is 12.8. The van der Waals surface area contributed by atoms with Gasteiger partial charge in [-0.05, 0) is 41.0 Å². The molecule has 3 aromatic rings. The molecule has 2 radical (unpaired) electrons. The number of thiophene rings is 1. The lowest BCUT2D eigenvalue weighted by Gasteiger charge is -2.26. The van der Waals surface area contributed by atoms with Gasteiger partial charge in [-0.1, -0.05) is 6.07 Å². The first-order valence-electron chi connectivity index (χ1n) is 8.11. The van der Waals surface area contributed by atoms with E-state index in [2.05, 4.69) is 0 Å². The zero-order valence-corrected chi connectivity index (χ0v) is 15.2. The molecule has 0 unspecified atom stereocenters. The van der Waals surface area contributed by atoms with Gasteiger partial charge in [0.2, 0.25) is 0 Å². The summed E-state index contributed by atoms with van der Waals surface area (Å²) in [5.74, 6) is 0.112. The Bertz CT molecular complexity index is 1010. The molecule has 0 saturated heterocycles. The van der Waals surface area contributed by atoms with E-state index in [1.165, 1.54) is 0 Å². The Morgan fingerprint density at radius 3 is 2.69 bits per heavy atom. The van der Waals surface area contributed by atoms with Crippen LogP contribution in [0.3, 0.4) is 0 Å². The highest BCUT2D eigenvalue weighted by atomic mass is 32.1.